The zero-order chi connectivity index (χ0) is 11.7. The summed E-state index contributed by atoms with van der Waals surface area (Å²) in [4.78, 5) is -0.0684. The van der Waals surface area contributed by atoms with Gasteiger partial charge in [-0.15, -0.1) is 4.49 Å². The summed E-state index contributed by atoms with van der Waals surface area (Å²) in [5, 5.41) is 0. The molecule has 6 nitrogen and oxygen atoms in total. The molecular formula is C6H9BrN3O3PS. The number of halogens is 1. The van der Waals surface area contributed by atoms with Crippen molar-refractivity contribution < 1.29 is 13.0 Å². The van der Waals surface area contributed by atoms with Gasteiger partial charge in [0.25, 0.3) is 7.59 Å². The van der Waals surface area contributed by atoms with E-state index in [1.165, 1.54) is 18.2 Å². The number of sulfonamides is 1. The van der Waals surface area contributed by atoms with Crippen LogP contribution in [0.2, 0.25) is 0 Å². The van der Waals surface area contributed by atoms with Gasteiger partial charge >= 0.3 is 0 Å². The first-order valence-corrected chi connectivity index (χ1v) is 7.80. The Morgan fingerprint density at radius 2 is 1.80 bits per heavy atom. The van der Waals surface area contributed by atoms with Crippen molar-refractivity contribution in [3.8, 4) is 0 Å². The second-order valence-corrected chi connectivity index (χ2v) is 7.18. The van der Waals surface area contributed by atoms with E-state index in [4.69, 9.17) is 11.0 Å². The zero-order valence-electron chi connectivity index (χ0n) is 7.42. The highest BCUT2D eigenvalue weighted by Crippen LogP contribution is 2.27. The third-order valence-corrected chi connectivity index (χ3v) is 5.38. The minimum atomic E-state index is -3.96. The first-order chi connectivity index (χ1) is 6.72. The Morgan fingerprint density at radius 1 is 1.27 bits per heavy atom. The number of rotatable bonds is 3. The van der Waals surface area contributed by atoms with Crippen molar-refractivity contribution in [3.05, 3.63) is 28.7 Å². The van der Waals surface area contributed by atoms with Gasteiger partial charge in [-0.05, 0) is 28.1 Å². The van der Waals surface area contributed by atoms with Crippen molar-refractivity contribution >= 4 is 33.5 Å². The van der Waals surface area contributed by atoms with Crippen LogP contribution < -0.4 is 15.5 Å². The minimum Gasteiger partial charge on any atom is -0.270 e. The molecule has 0 saturated heterocycles. The third-order valence-electron chi connectivity index (χ3n) is 1.39. The van der Waals surface area contributed by atoms with Gasteiger partial charge < -0.3 is 0 Å². The molecule has 0 spiro atoms. The summed E-state index contributed by atoms with van der Waals surface area (Å²) in [5.74, 6) is 0. The van der Waals surface area contributed by atoms with Crippen LogP contribution in [0.1, 0.15) is 0 Å². The number of nitrogens with two attached hydrogens (primary N) is 2. The van der Waals surface area contributed by atoms with Crippen molar-refractivity contribution in [1.82, 2.24) is 4.49 Å². The predicted molar refractivity (Wildman–Crippen MR) is 60.4 cm³/mol. The minimum absolute atomic E-state index is 0.0684. The SMILES string of the molecule is NP(N)(=O)NS(=O)(=O)c1ccccc1Br. The second-order valence-electron chi connectivity index (χ2n) is 2.73. The van der Waals surface area contributed by atoms with E-state index in [-0.39, 0.29) is 4.90 Å². The summed E-state index contributed by atoms with van der Waals surface area (Å²) in [5.41, 5.74) is 9.87. The average molecular weight is 314 g/mol. The first-order valence-electron chi connectivity index (χ1n) is 3.68. The van der Waals surface area contributed by atoms with Gasteiger partial charge in [-0.25, -0.2) is 8.42 Å². The quantitative estimate of drug-likeness (QED) is 0.712. The molecule has 5 N–H and O–H groups in total. The smallest absolute Gasteiger partial charge is 0.270 e. The Hall–Kier alpha value is -0.240. The second kappa shape index (κ2) is 4.32. The molecule has 15 heavy (non-hydrogen) atoms. The number of benzene rings is 1. The number of hydrogen-bond acceptors (Lipinski definition) is 3. The van der Waals surface area contributed by atoms with Crippen molar-refractivity contribution in [3.63, 3.8) is 0 Å². The van der Waals surface area contributed by atoms with E-state index in [0.717, 1.165) is 0 Å². The molecule has 0 bridgehead atoms. The van der Waals surface area contributed by atoms with Gasteiger partial charge in [-0.3, -0.25) is 15.6 Å². The maximum atomic E-state index is 11.6. The molecule has 0 saturated carbocycles. The van der Waals surface area contributed by atoms with Gasteiger partial charge in [0.2, 0.25) is 10.0 Å². The molecule has 1 aromatic carbocycles. The predicted octanol–water partition coefficient (Wildman–Crippen LogP) is 0.753. The van der Waals surface area contributed by atoms with Crippen LogP contribution in [0, 0.1) is 0 Å². The molecule has 0 radical (unpaired) electrons. The van der Waals surface area contributed by atoms with Crippen LogP contribution in [0.5, 0.6) is 0 Å². The van der Waals surface area contributed by atoms with Crippen molar-refractivity contribution in [2.75, 3.05) is 0 Å². The van der Waals surface area contributed by atoms with E-state index in [9.17, 15) is 13.0 Å². The van der Waals surface area contributed by atoms with E-state index in [1.807, 2.05) is 0 Å². The average Bonchev–Trinajstić information content (AvgIpc) is 1.99. The molecule has 84 valence electrons. The molecule has 0 amide bonds. The highest BCUT2D eigenvalue weighted by Gasteiger charge is 2.23. The fourth-order valence-electron chi connectivity index (χ4n) is 0.900. The maximum Gasteiger partial charge on any atom is 0.287 e. The molecule has 0 heterocycles. The summed E-state index contributed by atoms with van der Waals surface area (Å²) in [6, 6.07) is 6.04. The van der Waals surface area contributed by atoms with E-state index >= 15 is 0 Å². The van der Waals surface area contributed by atoms with Gasteiger partial charge in [0, 0.05) is 4.47 Å². The molecule has 1 aromatic rings. The summed E-state index contributed by atoms with van der Waals surface area (Å²) in [6.07, 6.45) is 0. The first kappa shape index (κ1) is 12.8. The highest BCUT2D eigenvalue weighted by atomic mass is 79.9. The van der Waals surface area contributed by atoms with Crippen LogP contribution in [0.25, 0.3) is 0 Å². The lowest BCUT2D eigenvalue weighted by molar-refractivity contribution is 0.567. The fourth-order valence-corrected chi connectivity index (χ4v) is 4.30. The van der Waals surface area contributed by atoms with Crippen LogP contribution >= 0.6 is 23.5 Å². The number of hydrogen-bond donors (Lipinski definition) is 3. The molecule has 0 aliphatic rings. The van der Waals surface area contributed by atoms with Crippen LogP contribution in [0.4, 0.5) is 0 Å². The summed E-state index contributed by atoms with van der Waals surface area (Å²) >= 11 is 3.05. The Bertz CT molecular complexity index is 512. The maximum absolute atomic E-state index is 11.6. The molecule has 0 unspecified atom stereocenters. The molecule has 0 aliphatic heterocycles. The molecule has 1 rings (SSSR count). The van der Waals surface area contributed by atoms with Gasteiger partial charge in [-0.1, -0.05) is 12.1 Å². The standard InChI is InChI=1S/C6H9BrN3O3PS/c7-5-3-1-2-4-6(5)15(12,13)10-14(8,9)11/h1-4H,(H5,8,9,10,11). The van der Waals surface area contributed by atoms with Crippen molar-refractivity contribution in [2.24, 2.45) is 11.0 Å². The third kappa shape index (κ3) is 3.67. The van der Waals surface area contributed by atoms with Crippen LogP contribution in [0.3, 0.4) is 0 Å². The molecule has 0 aromatic heterocycles. The molecule has 9 heteroatoms. The Morgan fingerprint density at radius 3 is 2.27 bits per heavy atom. The van der Waals surface area contributed by atoms with Crippen molar-refractivity contribution in [1.29, 1.82) is 0 Å². The van der Waals surface area contributed by atoms with Crippen LogP contribution in [0.15, 0.2) is 33.6 Å². The van der Waals surface area contributed by atoms with E-state index in [0.29, 0.717) is 4.47 Å². The normalized spacial score (nSPS) is 12.7. The Balaban J connectivity index is 3.19. The topological polar surface area (TPSA) is 115 Å². The van der Waals surface area contributed by atoms with Gasteiger partial charge in [0.1, 0.15) is 0 Å². The van der Waals surface area contributed by atoms with E-state index in [2.05, 4.69) is 15.9 Å². The van der Waals surface area contributed by atoms with Crippen LogP contribution in [-0.2, 0) is 14.6 Å². The lowest BCUT2D eigenvalue weighted by atomic mass is 10.4. The molecule has 0 aliphatic carbocycles. The lowest BCUT2D eigenvalue weighted by Gasteiger charge is -2.10. The monoisotopic (exact) mass is 313 g/mol. The fraction of sp³-hybridized carbons (Fsp3) is 0. The Kier molecular flexibility index (Phi) is 3.70. The number of nitrogens with one attached hydrogen (secondary N) is 1. The molecular weight excluding hydrogens is 305 g/mol. The summed E-state index contributed by atoms with van der Waals surface area (Å²) in [6.45, 7) is 0. The summed E-state index contributed by atoms with van der Waals surface area (Å²) < 4.78 is 36.2. The highest BCUT2D eigenvalue weighted by molar-refractivity contribution is 9.10. The Labute approximate surface area is 95.7 Å². The van der Waals surface area contributed by atoms with Crippen molar-refractivity contribution in [2.45, 2.75) is 4.90 Å². The zero-order valence-corrected chi connectivity index (χ0v) is 10.7. The van der Waals surface area contributed by atoms with Gasteiger partial charge in [0.05, 0.1) is 4.90 Å². The van der Waals surface area contributed by atoms with E-state index in [1.54, 1.807) is 10.6 Å². The van der Waals surface area contributed by atoms with Crippen LogP contribution in [-0.4, -0.2) is 8.42 Å². The lowest BCUT2D eigenvalue weighted by Crippen LogP contribution is -2.28. The summed E-state index contributed by atoms with van der Waals surface area (Å²) in [7, 11) is -7.79. The molecule has 0 atom stereocenters. The largest absolute Gasteiger partial charge is 0.287 e. The van der Waals surface area contributed by atoms with E-state index < -0.39 is 17.6 Å². The molecule has 0 fully saturated rings. The van der Waals surface area contributed by atoms with Gasteiger partial charge in [0.15, 0.2) is 0 Å². The van der Waals surface area contributed by atoms with Gasteiger partial charge in [-0.2, -0.15) is 0 Å².